The molecule has 0 saturated carbocycles. The van der Waals surface area contributed by atoms with Crippen LogP contribution in [0.1, 0.15) is 35.5 Å². The van der Waals surface area contributed by atoms with Crippen LogP contribution in [0.4, 0.5) is 0 Å². The van der Waals surface area contributed by atoms with E-state index in [1.807, 2.05) is 42.5 Å². The number of ether oxygens (including phenoxy) is 1. The van der Waals surface area contributed by atoms with Crippen molar-refractivity contribution in [1.29, 1.82) is 0 Å². The van der Waals surface area contributed by atoms with E-state index in [9.17, 15) is 0 Å². The molecule has 1 aliphatic heterocycles. The molecule has 0 bridgehead atoms. The summed E-state index contributed by atoms with van der Waals surface area (Å²) in [5.41, 5.74) is 6.18. The van der Waals surface area contributed by atoms with Crippen LogP contribution in [0.2, 0.25) is 0 Å². The van der Waals surface area contributed by atoms with Crippen LogP contribution in [0.3, 0.4) is 0 Å². The van der Waals surface area contributed by atoms with Gasteiger partial charge in [0.25, 0.3) is 5.89 Å². The van der Waals surface area contributed by atoms with E-state index in [0.717, 1.165) is 33.7 Å². The maximum atomic E-state index is 5.83. The van der Waals surface area contributed by atoms with Crippen molar-refractivity contribution >= 4 is 22.9 Å². The van der Waals surface area contributed by atoms with Gasteiger partial charge in [0, 0.05) is 17.8 Å². The summed E-state index contributed by atoms with van der Waals surface area (Å²) in [6.45, 7) is 4.78. The van der Waals surface area contributed by atoms with Crippen LogP contribution >= 0.6 is 12.2 Å². The Morgan fingerprint density at radius 2 is 1.69 bits per heavy atom. The first kappa shape index (κ1) is 22.8. The number of nitrogens with zero attached hydrogens (tertiary/aromatic N) is 3. The third kappa shape index (κ3) is 4.68. The quantitative estimate of drug-likeness (QED) is 0.343. The van der Waals surface area contributed by atoms with Gasteiger partial charge in [-0.05, 0) is 61.5 Å². The predicted molar refractivity (Wildman–Crippen MR) is 141 cm³/mol. The number of hydrogen-bond donors (Lipinski definition) is 1. The molecule has 1 atom stereocenters. The second kappa shape index (κ2) is 9.72. The van der Waals surface area contributed by atoms with Crippen molar-refractivity contribution in [2.45, 2.75) is 26.4 Å². The maximum Gasteiger partial charge on any atom is 0.258 e. The molecule has 5 rings (SSSR count). The summed E-state index contributed by atoms with van der Waals surface area (Å²) in [4.78, 5) is 6.87. The summed E-state index contributed by atoms with van der Waals surface area (Å²) in [6, 6.07) is 26.1. The molecule has 6 nitrogen and oxygen atoms in total. The summed E-state index contributed by atoms with van der Waals surface area (Å²) in [5.74, 6) is 1.76. The van der Waals surface area contributed by atoms with Crippen LogP contribution in [-0.4, -0.2) is 27.3 Å². The van der Waals surface area contributed by atoms with Crippen LogP contribution < -0.4 is 10.1 Å². The van der Waals surface area contributed by atoms with Gasteiger partial charge in [-0.15, -0.1) is 0 Å². The number of rotatable bonds is 6. The summed E-state index contributed by atoms with van der Waals surface area (Å²) >= 11 is 5.82. The van der Waals surface area contributed by atoms with E-state index in [1.54, 1.807) is 7.11 Å². The Balaban J connectivity index is 1.57. The molecule has 7 heteroatoms. The van der Waals surface area contributed by atoms with Gasteiger partial charge in [0.1, 0.15) is 5.75 Å². The molecule has 0 saturated heterocycles. The van der Waals surface area contributed by atoms with E-state index in [2.05, 4.69) is 65.6 Å². The molecule has 1 N–H and O–H groups in total. The van der Waals surface area contributed by atoms with Crippen molar-refractivity contribution in [2.24, 2.45) is 0 Å². The maximum absolute atomic E-state index is 5.83. The summed E-state index contributed by atoms with van der Waals surface area (Å²) in [7, 11) is 1.64. The van der Waals surface area contributed by atoms with Crippen LogP contribution in [0, 0.1) is 6.92 Å². The second-order valence-electron chi connectivity index (χ2n) is 8.52. The van der Waals surface area contributed by atoms with Gasteiger partial charge in [-0.2, -0.15) is 4.98 Å². The van der Waals surface area contributed by atoms with Gasteiger partial charge in [-0.25, -0.2) is 0 Å². The lowest BCUT2D eigenvalue weighted by molar-refractivity contribution is 0.396. The van der Waals surface area contributed by atoms with Crippen LogP contribution in [0.5, 0.6) is 5.75 Å². The Morgan fingerprint density at radius 3 is 2.37 bits per heavy atom. The lowest BCUT2D eigenvalue weighted by Gasteiger charge is -2.37. The van der Waals surface area contributed by atoms with Crippen molar-refractivity contribution in [2.75, 3.05) is 7.11 Å². The largest absolute Gasteiger partial charge is 0.497 e. The highest BCUT2D eigenvalue weighted by Gasteiger charge is 2.34. The summed E-state index contributed by atoms with van der Waals surface area (Å²) in [5, 5.41) is 8.46. The fourth-order valence-corrected chi connectivity index (χ4v) is 4.53. The molecule has 176 valence electrons. The highest BCUT2D eigenvalue weighted by atomic mass is 32.1. The van der Waals surface area contributed by atoms with Gasteiger partial charge < -0.3 is 19.5 Å². The summed E-state index contributed by atoms with van der Waals surface area (Å²) < 4.78 is 11.1. The SMILES string of the molecule is COc1ccc(-c2noc(C3=C(C)N(Cc4ccccc4)C(=S)NC3c3ccc(C)cc3)n2)cc1. The number of thiocarbonyl (C=S) groups is 1. The fraction of sp³-hybridized carbons (Fsp3) is 0.179. The minimum absolute atomic E-state index is 0.209. The van der Waals surface area contributed by atoms with Gasteiger partial charge in [-0.1, -0.05) is 65.3 Å². The average molecular weight is 483 g/mol. The van der Waals surface area contributed by atoms with Crippen LogP contribution in [0.15, 0.2) is 89.1 Å². The Morgan fingerprint density at radius 1 is 0.971 bits per heavy atom. The number of hydrogen-bond acceptors (Lipinski definition) is 5. The molecule has 0 aliphatic carbocycles. The standard InChI is InChI=1S/C28H26N4O2S/c1-18-9-11-21(12-10-18)25-24(19(2)32(28(35)29-25)17-20-7-5-4-6-8-20)27-30-26(31-34-27)22-13-15-23(33-3)16-14-22/h4-16,25H,17H2,1-3H3,(H,29,35). The molecular weight excluding hydrogens is 456 g/mol. The molecule has 1 aliphatic rings. The molecule has 0 amide bonds. The lowest BCUT2D eigenvalue weighted by atomic mass is 9.94. The molecule has 1 unspecified atom stereocenters. The van der Waals surface area contributed by atoms with E-state index in [4.69, 9.17) is 26.5 Å². The molecule has 0 radical (unpaired) electrons. The van der Waals surface area contributed by atoms with Gasteiger partial charge in [0.2, 0.25) is 5.82 Å². The first-order chi connectivity index (χ1) is 17.0. The minimum atomic E-state index is -0.209. The molecule has 3 aromatic carbocycles. The van der Waals surface area contributed by atoms with Crippen molar-refractivity contribution < 1.29 is 9.26 Å². The Bertz CT molecular complexity index is 1360. The highest BCUT2D eigenvalue weighted by Crippen LogP contribution is 2.38. The third-order valence-electron chi connectivity index (χ3n) is 6.20. The number of aromatic nitrogens is 2. The zero-order valence-corrected chi connectivity index (χ0v) is 20.7. The monoisotopic (exact) mass is 482 g/mol. The number of aryl methyl sites for hydroxylation is 1. The average Bonchev–Trinajstić information content (AvgIpc) is 3.37. The third-order valence-corrected chi connectivity index (χ3v) is 6.53. The molecule has 2 heterocycles. The van der Waals surface area contributed by atoms with Gasteiger partial charge in [-0.3, -0.25) is 0 Å². The first-order valence-electron chi connectivity index (χ1n) is 11.4. The first-order valence-corrected chi connectivity index (χ1v) is 11.8. The predicted octanol–water partition coefficient (Wildman–Crippen LogP) is 5.92. The molecule has 4 aromatic rings. The van der Waals surface area contributed by atoms with Gasteiger partial charge >= 0.3 is 0 Å². The zero-order chi connectivity index (χ0) is 24.4. The summed E-state index contributed by atoms with van der Waals surface area (Å²) in [6.07, 6.45) is 0. The molecule has 0 fully saturated rings. The van der Waals surface area contributed by atoms with Crippen molar-refractivity contribution in [3.05, 3.63) is 107 Å². The van der Waals surface area contributed by atoms with E-state index in [-0.39, 0.29) is 6.04 Å². The number of allylic oxidation sites excluding steroid dienone is 1. The molecule has 1 aromatic heterocycles. The number of methoxy groups -OCH3 is 1. The zero-order valence-electron chi connectivity index (χ0n) is 19.9. The van der Waals surface area contributed by atoms with Crippen LogP contribution in [0.25, 0.3) is 17.0 Å². The topological polar surface area (TPSA) is 63.4 Å². The van der Waals surface area contributed by atoms with Crippen molar-refractivity contribution in [3.8, 4) is 17.1 Å². The van der Waals surface area contributed by atoms with E-state index >= 15 is 0 Å². The van der Waals surface area contributed by atoms with E-state index in [1.165, 1.54) is 5.56 Å². The van der Waals surface area contributed by atoms with E-state index in [0.29, 0.717) is 23.4 Å². The van der Waals surface area contributed by atoms with Gasteiger partial charge in [0.15, 0.2) is 5.11 Å². The normalized spacial score (nSPS) is 15.8. The smallest absolute Gasteiger partial charge is 0.258 e. The fourth-order valence-electron chi connectivity index (χ4n) is 4.21. The Labute approximate surface area is 210 Å². The highest BCUT2D eigenvalue weighted by molar-refractivity contribution is 7.80. The molecule has 35 heavy (non-hydrogen) atoms. The van der Waals surface area contributed by atoms with Crippen molar-refractivity contribution in [1.82, 2.24) is 20.4 Å². The van der Waals surface area contributed by atoms with Crippen molar-refractivity contribution in [3.63, 3.8) is 0 Å². The number of nitrogens with one attached hydrogen (secondary N) is 1. The molecule has 0 spiro atoms. The Hall–Kier alpha value is -3.97. The molecular formula is C28H26N4O2S. The minimum Gasteiger partial charge on any atom is -0.497 e. The van der Waals surface area contributed by atoms with Gasteiger partial charge in [0.05, 0.1) is 18.7 Å². The number of benzene rings is 3. The van der Waals surface area contributed by atoms with E-state index < -0.39 is 0 Å². The lowest BCUT2D eigenvalue weighted by Crippen LogP contribution is -2.45. The second-order valence-corrected chi connectivity index (χ2v) is 8.90. The van der Waals surface area contributed by atoms with Crippen LogP contribution in [-0.2, 0) is 6.54 Å². The Kier molecular flexibility index (Phi) is 6.33.